The molecule has 1 N–H and O–H groups in total. The number of allylic oxidation sites excluding steroid dienone is 4. The molecule has 0 atom stereocenters. The van der Waals surface area contributed by atoms with E-state index in [-0.39, 0.29) is 5.41 Å². The van der Waals surface area contributed by atoms with Crippen LogP contribution in [0.25, 0.3) is 5.57 Å². The van der Waals surface area contributed by atoms with Gasteiger partial charge in [-0.3, -0.25) is 0 Å². The molecule has 0 amide bonds. The van der Waals surface area contributed by atoms with E-state index >= 15 is 0 Å². The van der Waals surface area contributed by atoms with Crippen molar-refractivity contribution in [1.29, 1.82) is 5.41 Å². The Morgan fingerprint density at radius 3 is 2.26 bits per heavy atom. The van der Waals surface area contributed by atoms with Crippen molar-refractivity contribution in [2.45, 2.75) is 41.0 Å². The summed E-state index contributed by atoms with van der Waals surface area (Å²) in [6, 6.07) is 8.34. The second-order valence-electron chi connectivity index (χ2n) is 6.50. The monoisotopic (exact) mass is 253 g/mol. The molecule has 0 spiro atoms. The number of hydrogen-bond acceptors (Lipinski definition) is 1. The first-order chi connectivity index (χ1) is 8.80. The predicted molar refractivity (Wildman–Crippen MR) is 83.7 cm³/mol. The Morgan fingerprint density at radius 1 is 1.11 bits per heavy atom. The van der Waals surface area contributed by atoms with E-state index in [0.717, 1.165) is 12.0 Å². The lowest BCUT2D eigenvalue weighted by Crippen LogP contribution is -2.21. The minimum absolute atomic E-state index is 0.119. The fourth-order valence-electron chi connectivity index (χ4n) is 2.60. The van der Waals surface area contributed by atoms with Crippen molar-refractivity contribution in [1.82, 2.24) is 0 Å². The number of hydrogen-bond donors (Lipinski definition) is 1. The minimum Gasteiger partial charge on any atom is -0.304 e. The first kappa shape index (κ1) is 13.8. The molecule has 1 nitrogen and oxygen atoms in total. The van der Waals surface area contributed by atoms with Gasteiger partial charge in [-0.25, -0.2) is 0 Å². The minimum atomic E-state index is -0.119. The van der Waals surface area contributed by atoms with Crippen molar-refractivity contribution in [3.63, 3.8) is 0 Å². The molecule has 0 heterocycles. The van der Waals surface area contributed by atoms with Crippen molar-refractivity contribution in [3.05, 3.63) is 52.6 Å². The molecule has 1 aromatic carbocycles. The van der Waals surface area contributed by atoms with Crippen LogP contribution in [0.1, 0.15) is 52.2 Å². The van der Waals surface area contributed by atoms with Crippen molar-refractivity contribution in [3.8, 4) is 0 Å². The zero-order chi connectivity index (χ0) is 14.2. The second kappa shape index (κ2) is 4.80. The average Bonchev–Trinajstić information content (AvgIpc) is 2.66. The van der Waals surface area contributed by atoms with Crippen LogP contribution in [0.2, 0.25) is 0 Å². The molecular weight excluding hydrogens is 230 g/mol. The van der Waals surface area contributed by atoms with Crippen LogP contribution in [0.3, 0.4) is 0 Å². The third kappa shape index (κ3) is 2.70. The molecule has 0 fully saturated rings. The zero-order valence-corrected chi connectivity index (χ0v) is 12.6. The highest BCUT2D eigenvalue weighted by Crippen LogP contribution is 2.36. The highest BCUT2D eigenvalue weighted by molar-refractivity contribution is 6.06. The maximum Gasteiger partial charge on any atom is 0.0445 e. The largest absolute Gasteiger partial charge is 0.304 e. The van der Waals surface area contributed by atoms with Crippen LogP contribution in [-0.2, 0) is 0 Å². The molecule has 0 unspecified atom stereocenters. The first-order valence-corrected chi connectivity index (χ1v) is 6.86. The molecule has 1 aliphatic rings. The van der Waals surface area contributed by atoms with Gasteiger partial charge in [-0.2, -0.15) is 0 Å². The van der Waals surface area contributed by atoms with Gasteiger partial charge in [0.1, 0.15) is 0 Å². The number of rotatable bonds is 2. The fraction of sp³-hybridized carbons (Fsp3) is 0.389. The lowest BCUT2D eigenvalue weighted by molar-refractivity contribution is 0.588. The summed E-state index contributed by atoms with van der Waals surface area (Å²) in [7, 11) is 0. The molecule has 0 saturated heterocycles. The smallest absolute Gasteiger partial charge is 0.0445 e. The van der Waals surface area contributed by atoms with Crippen LogP contribution in [0.4, 0.5) is 0 Å². The summed E-state index contributed by atoms with van der Waals surface area (Å²) in [6.45, 7) is 10.7. The summed E-state index contributed by atoms with van der Waals surface area (Å²) in [5.74, 6) is 0. The van der Waals surface area contributed by atoms with Crippen LogP contribution < -0.4 is 0 Å². The molecule has 0 aromatic heterocycles. The zero-order valence-electron chi connectivity index (χ0n) is 12.6. The summed E-state index contributed by atoms with van der Waals surface area (Å²) in [5.41, 5.74) is 7.03. The molecule has 1 heteroatoms. The topological polar surface area (TPSA) is 23.9 Å². The van der Waals surface area contributed by atoms with Crippen LogP contribution >= 0.6 is 0 Å². The summed E-state index contributed by atoms with van der Waals surface area (Å²) in [4.78, 5) is 0. The summed E-state index contributed by atoms with van der Waals surface area (Å²) in [6.07, 6.45) is 3.27. The van der Waals surface area contributed by atoms with Gasteiger partial charge in [0.15, 0.2) is 0 Å². The molecule has 2 rings (SSSR count). The molecule has 1 aromatic rings. The van der Waals surface area contributed by atoms with Gasteiger partial charge in [0.25, 0.3) is 0 Å². The molecule has 0 radical (unpaired) electrons. The lowest BCUT2D eigenvalue weighted by Gasteiger charge is -2.23. The van der Waals surface area contributed by atoms with Gasteiger partial charge >= 0.3 is 0 Å². The third-order valence-electron chi connectivity index (χ3n) is 3.67. The van der Waals surface area contributed by atoms with Crippen LogP contribution in [0.5, 0.6) is 0 Å². The highest BCUT2D eigenvalue weighted by atomic mass is 14.5. The second-order valence-corrected chi connectivity index (χ2v) is 6.50. The van der Waals surface area contributed by atoms with Gasteiger partial charge in [0, 0.05) is 16.7 Å². The lowest BCUT2D eigenvalue weighted by atomic mass is 9.82. The van der Waals surface area contributed by atoms with Gasteiger partial charge in [-0.15, -0.1) is 0 Å². The van der Waals surface area contributed by atoms with E-state index in [1.54, 1.807) is 0 Å². The molecule has 0 saturated carbocycles. The van der Waals surface area contributed by atoms with E-state index in [1.165, 1.54) is 22.3 Å². The molecule has 0 bridgehead atoms. The fourth-order valence-corrected chi connectivity index (χ4v) is 2.60. The maximum atomic E-state index is 8.46. The van der Waals surface area contributed by atoms with E-state index < -0.39 is 0 Å². The van der Waals surface area contributed by atoms with Crippen molar-refractivity contribution >= 4 is 11.3 Å². The Kier molecular flexibility index (Phi) is 3.49. The summed E-state index contributed by atoms with van der Waals surface area (Å²) < 4.78 is 0. The van der Waals surface area contributed by atoms with Gasteiger partial charge < -0.3 is 5.41 Å². The third-order valence-corrected chi connectivity index (χ3v) is 3.67. The molecule has 19 heavy (non-hydrogen) atoms. The Bertz CT molecular complexity index is 580. The normalized spacial score (nSPS) is 15.7. The van der Waals surface area contributed by atoms with Crippen molar-refractivity contribution in [2.24, 2.45) is 5.41 Å². The number of nitrogens with one attached hydrogen (secondary N) is 1. The van der Waals surface area contributed by atoms with E-state index in [9.17, 15) is 0 Å². The van der Waals surface area contributed by atoms with E-state index in [4.69, 9.17) is 5.41 Å². The predicted octanol–water partition coefficient (Wildman–Crippen LogP) is 5.22. The van der Waals surface area contributed by atoms with Crippen LogP contribution in [0.15, 0.2) is 41.5 Å². The van der Waals surface area contributed by atoms with Crippen molar-refractivity contribution in [2.75, 3.05) is 0 Å². The molecule has 100 valence electrons. The van der Waals surface area contributed by atoms with Gasteiger partial charge in [0.2, 0.25) is 0 Å². The summed E-state index contributed by atoms with van der Waals surface area (Å²) in [5, 5.41) is 8.46. The summed E-state index contributed by atoms with van der Waals surface area (Å²) >= 11 is 0. The Labute approximate surface area is 116 Å². The van der Waals surface area contributed by atoms with Gasteiger partial charge in [0.05, 0.1) is 0 Å². The van der Waals surface area contributed by atoms with E-state index in [1.807, 2.05) is 6.07 Å². The van der Waals surface area contributed by atoms with E-state index in [2.05, 4.69) is 58.9 Å². The molecule has 1 aliphatic carbocycles. The maximum absolute atomic E-state index is 8.46. The Balaban J connectivity index is 2.50. The van der Waals surface area contributed by atoms with Crippen LogP contribution in [-0.4, -0.2) is 5.71 Å². The Hall–Kier alpha value is -1.63. The first-order valence-electron chi connectivity index (χ1n) is 6.86. The quantitative estimate of drug-likeness (QED) is 0.698. The van der Waals surface area contributed by atoms with Gasteiger partial charge in [-0.05, 0) is 37.0 Å². The molecule has 0 aliphatic heterocycles. The standard InChI is InChI=1S/C18H23N/c1-12-10-13(2)16(11-12)14-8-6-7-9-15(14)17(19)18(3,4)5/h6-10,19H,11H2,1-5H3. The average molecular weight is 253 g/mol. The van der Waals surface area contributed by atoms with Gasteiger partial charge in [-0.1, -0.05) is 56.7 Å². The van der Waals surface area contributed by atoms with Crippen LogP contribution in [0, 0.1) is 10.8 Å². The molecular formula is C18H23N. The van der Waals surface area contributed by atoms with Crippen molar-refractivity contribution < 1.29 is 0 Å². The van der Waals surface area contributed by atoms with E-state index in [0.29, 0.717) is 5.71 Å². The SMILES string of the molecule is CC1=CC(C)=C(c2ccccc2C(=N)C(C)(C)C)C1. The highest BCUT2D eigenvalue weighted by Gasteiger charge is 2.23. The number of benzene rings is 1. The Morgan fingerprint density at radius 2 is 1.74 bits per heavy atom.